The van der Waals surface area contributed by atoms with Crippen molar-refractivity contribution in [2.24, 2.45) is 5.73 Å². The molecule has 1 heterocycles. The Hall–Kier alpha value is -2.94. The fourth-order valence-corrected chi connectivity index (χ4v) is 3.01. The van der Waals surface area contributed by atoms with Crippen LogP contribution in [-0.4, -0.2) is 34.7 Å². The molecule has 2 aromatic carbocycles. The number of alkyl carbamates (subject to hydrolysis) is 1. The van der Waals surface area contributed by atoms with Crippen molar-refractivity contribution in [1.29, 1.82) is 0 Å². The van der Waals surface area contributed by atoms with Gasteiger partial charge in [-0.2, -0.15) is 0 Å². The summed E-state index contributed by atoms with van der Waals surface area (Å²) in [5.41, 5.74) is 6.38. The van der Waals surface area contributed by atoms with E-state index in [1.807, 2.05) is 0 Å². The first kappa shape index (κ1) is 21.8. The molecule has 158 valence electrons. The Morgan fingerprint density at radius 3 is 2.07 bits per heavy atom. The highest BCUT2D eigenvalue weighted by Gasteiger charge is 2.40. The van der Waals surface area contributed by atoms with Crippen LogP contribution in [0.2, 0.25) is 5.02 Å². The van der Waals surface area contributed by atoms with Crippen LogP contribution in [0.4, 0.5) is 4.79 Å². The number of carbonyl (C=O) groups excluding carboxylic acids is 3. The van der Waals surface area contributed by atoms with Gasteiger partial charge in [0.1, 0.15) is 17.9 Å². The highest BCUT2D eigenvalue weighted by molar-refractivity contribution is 6.30. The average molecular weight is 432 g/mol. The van der Waals surface area contributed by atoms with Crippen LogP contribution in [0.1, 0.15) is 53.2 Å². The van der Waals surface area contributed by atoms with Crippen LogP contribution in [0.25, 0.3) is 0 Å². The van der Waals surface area contributed by atoms with Gasteiger partial charge in [-0.05, 0) is 50.6 Å². The molecule has 2 atom stereocenters. The fraction of sp³-hybridized carbons (Fsp3) is 0.286. The number of amides is 3. The van der Waals surface area contributed by atoms with Crippen molar-refractivity contribution in [2.75, 3.05) is 0 Å². The molecule has 30 heavy (non-hydrogen) atoms. The quantitative estimate of drug-likeness (QED) is 0.554. The van der Waals surface area contributed by atoms with Gasteiger partial charge in [-0.1, -0.05) is 35.9 Å². The van der Waals surface area contributed by atoms with E-state index in [1.165, 1.54) is 12.1 Å². The molecule has 0 aliphatic carbocycles. The summed E-state index contributed by atoms with van der Waals surface area (Å²) >= 11 is 5.95. The lowest BCUT2D eigenvalue weighted by molar-refractivity contribution is -0.143. The number of fused-ring (bicyclic) bond motifs is 1. The summed E-state index contributed by atoms with van der Waals surface area (Å²) in [5.74, 6) is -1.22. The largest absolute Gasteiger partial charge is 0.444 e. The molecule has 0 saturated carbocycles. The molecule has 8 nitrogen and oxygen atoms in total. The van der Waals surface area contributed by atoms with Gasteiger partial charge in [0.25, 0.3) is 11.8 Å². The standard InChI is InChI=1S/C21H22ClN3O5/c1-21(2,3)29-20(28)24-17(23)16(12-8-10-13(22)11-9-12)30-25-18(26)14-6-4-5-7-15(14)19(25)27/h4-11,16-17H,23H2,1-3H3,(H,24,28)/t16?,17-/m1/s1. The van der Waals surface area contributed by atoms with E-state index in [1.54, 1.807) is 57.2 Å². The van der Waals surface area contributed by atoms with E-state index in [0.717, 1.165) is 0 Å². The maximum absolute atomic E-state index is 12.7. The van der Waals surface area contributed by atoms with Gasteiger partial charge in [-0.3, -0.25) is 14.4 Å². The Morgan fingerprint density at radius 1 is 1.03 bits per heavy atom. The lowest BCUT2D eigenvalue weighted by atomic mass is 10.1. The van der Waals surface area contributed by atoms with Crippen molar-refractivity contribution in [1.82, 2.24) is 10.4 Å². The molecule has 0 fully saturated rings. The van der Waals surface area contributed by atoms with Crippen molar-refractivity contribution in [3.05, 3.63) is 70.2 Å². The van der Waals surface area contributed by atoms with Crippen LogP contribution in [-0.2, 0) is 9.57 Å². The molecule has 0 bridgehead atoms. The second kappa shape index (κ2) is 8.43. The van der Waals surface area contributed by atoms with Crippen molar-refractivity contribution in [2.45, 2.75) is 38.6 Å². The van der Waals surface area contributed by atoms with E-state index < -0.39 is 35.8 Å². The Balaban J connectivity index is 1.85. The Kier molecular flexibility index (Phi) is 6.12. The van der Waals surface area contributed by atoms with E-state index in [2.05, 4.69) is 5.32 Å². The zero-order chi connectivity index (χ0) is 22.1. The second-order valence-electron chi connectivity index (χ2n) is 7.70. The summed E-state index contributed by atoms with van der Waals surface area (Å²) in [6.45, 7) is 5.14. The summed E-state index contributed by atoms with van der Waals surface area (Å²) < 4.78 is 5.22. The lowest BCUT2D eigenvalue weighted by Gasteiger charge is -2.29. The van der Waals surface area contributed by atoms with Crippen LogP contribution in [0.5, 0.6) is 0 Å². The number of hydrogen-bond donors (Lipinski definition) is 2. The van der Waals surface area contributed by atoms with Crippen LogP contribution in [0, 0.1) is 0 Å². The first-order valence-electron chi connectivity index (χ1n) is 9.22. The van der Waals surface area contributed by atoms with E-state index in [0.29, 0.717) is 15.6 Å². The van der Waals surface area contributed by atoms with Gasteiger partial charge in [0.2, 0.25) is 0 Å². The van der Waals surface area contributed by atoms with Crippen molar-refractivity contribution >= 4 is 29.5 Å². The average Bonchev–Trinajstić information content (AvgIpc) is 2.90. The van der Waals surface area contributed by atoms with Crippen LogP contribution in [0.3, 0.4) is 0 Å². The van der Waals surface area contributed by atoms with Crippen molar-refractivity contribution in [3.8, 4) is 0 Å². The maximum atomic E-state index is 12.7. The molecule has 2 aromatic rings. The summed E-state index contributed by atoms with van der Waals surface area (Å²) in [7, 11) is 0. The lowest BCUT2D eigenvalue weighted by Crippen LogP contribution is -2.50. The number of nitrogens with one attached hydrogen (secondary N) is 1. The molecule has 3 N–H and O–H groups in total. The van der Waals surface area contributed by atoms with Crippen molar-refractivity contribution in [3.63, 3.8) is 0 Å². The number of rotatable bonds is 5. The van der Waals surface area contributed by atoms with Gasteiger partial charge in [-0.15, -0.1) is 5.06 Å². The molecule has 1 unspecified atom stereocenters. The summed E-state index contributed by atoms with van der Waals surface area (Å²) in [5, 5.41) is 3.62. The summed E-state index contributed by atoms with van der Waals surface area (Å²) in [4.78, 5) is 43.2. The number of imide groups is 1. The molecular weight excluding hydrogens is 410 g/mol. The van der Waals surface area contributed by atoms with E-state index in [4.69, 9.17) is 26.9 Å². The molecular formula is C21H22ClN3O5. The molecule has 1 aliphatic heterocycles. The SMILES string of the molecule is CC(C)(C)OC(=O)N[C@@H](N)C(ON1C(=O)c2ccccc2C1=O)c1ccc(Cl)cc1. The number of benzene rings is 2. The van der Waals surface area contributed by atoms with E-state index >= 15 is 0 Å². The molecule has 0 spiro atoms. The van der Waals surface area contributed by atoms with Crippen molar-refractivity contribution < 1.29 is 24.0 Å². The molecule has 3 amide bonds. The normalized spacial score (nSPS) is 15.6. The predicted molar refractivity (Wildman–Crippen MR) is 110 cm³/mol. The molecule has 3 rings (SSSR count). The number of hydrogen-bond acceptors (Lipinski definition) is 6. The Morgan fingerprint density at radius 2 is 1.57 bits per heavy atom. The van der Waals surface area contributed by atoms with E-state index in [9.17, 15) is 14.4 Å². The van der Waals surface area contributed by atoms with E-state index in [-0.39, 0.29) is 11.1 Å². The Labute approximate surface area is 178 Å². The molecule has 0 radical (unpaired) electrons. The minimum atomic E-state index is -1.13. The number of nitrogens with zero attached hydrogens (tertiary/aromatic N) is 1. The third kappa shape index (κ3) is 4.79. The first-order valence-corrected chi connectivity index (χ1v) is 9.60. The van der Waals surface area contributed by atoms with Gasteiger partial charge in [-0.25, -0.2) is 4.79 Å². The highest BCUT2D eigenvalue weighted by Crippen LogP contribution is 2.29. The number of hydroxylamine groups is 2. The van der Waals surface area contributed by atoms with Gasteiger partial charge >= 0.3 is 6.09 Å². The number of carbonyl (C=O) groups is 3. The number of ether oxygens (including phenoxy) is 1. The second-order valence-corrected chi connectivity index (χ2v) is 8.14. The molecule has 0 saturated heterocycles. The monoisotopic (exact) mass is 431 g/mol. The predicted octanol–water partition coefficient (Wildman–Crippen LogP) is 3.42. The van der Waals surface area contributed by atoms with Crippen LogP contribution >= 0.6 is 11.6 Å². The third-order valence-electron chi connectivity index (χ3n) is 4.18. The van der Waals surface area contributed by atoms with Crippen LogP contribution in [0.15, 0.2) is 48.5 Å². The maximum Gasteiger partial charge on any atom is 0.408 e. The van der Waals surface area contributed by atoms with Gasteiger partial charge in [0.05, 0.1) is 11.1 Å². The zero-order valence-electron chi connectivity index (χ0n) is 16.7. The number of halogens is 1. The third-order valence-corrected chi connectivity index (χ3v) is 4.44. The number of nitrogens with two attached hydrogens (primary N) is 1. The smallest absolute Gasteiger partial charge is 0.408 e. The van der Waals surface area contributed by atoms with Gasteiger partial charge in [0, 0.05) is 5.02 Å². The highest BCUT2D eigenvalue weighted by atomic mass is 35.5. The Bertz CT molecular complexity index is 936. The minimum absolute atomic E-state index is 0.228. The molecule has 0 aromatic heterocycles. The molecule has 1 aliphatic rings. The van der Waals surface area contributed by atoms with Gasteiger partial charge < -0.3 is 15.8 Å². The topological polar surface area (TPSA) is 111 Å². The minimum Gasteiger partial charge on any atom is -0.444 e. The summed E-state index contributed by atoms with van der Waals surface area (Å²) in [6.07, 6.45) is -2.97. The fourth-order valence-electron chi connectivity index (χ4n) is 2.88. The summed E-state index contributed by atoms with van der Waals surface area (Å²) in [6, 6.07) is 12.8. The van der Waals surface area contributed by atoms with Gasteiger partial charge in [0.15, 0.2) is 0 Å². The first-order chi connectivity index (χ1) is 14.1. The zero-order valence-corrected chi connectivity index (χ0v) is 17.5. The van der Waals surface area contributed by atoms with Crippen LogP contribution < -0.4 is 11.1 Å². The molecule has 9 heteroatoms.